The molecular formula is C7H6F3NO2. The zero-order valence-corrected chi connectivity index (χ0v) is 6.59. The van der Waals surface area contributed by atoms with E-state index in [1.807, 2.05) is 0 Å². The lowest BCUT2D eigenvalue weighted by atomic mass is 10.2. The molecule has 3 nitrogen and oxygen atoms in total. The Morgan fingerprint density at radius 3 is 2.38 bits per heavy atom. The molecule has 0 bridgehead atoms. The first-order valence-electron chi connectivity index (χ1n) is 3.30. The van der Waals surface area contributed by atoms with Crippen LogP contribution in [0.5, 0.6) is 5.75 Å². The predicted molar refractivity (Wildman–Crippen MR) is 38.3 cm³/mol. The van der Waals surface area contributed by atoms with Gasteiger partial charge in [-0.1, -0.05) is 0 Å². The fourth-order valence-electron chi connectivity index (χ4n) is 0.886. The zero-order chi connectivity index (χ0) is 10.2. The van der Waals surface area contributed by atoms with Gasteiger partial charge in [-0.15, -0.1) is 0 Å². The average molecular weight is 193 g/mol. The van der Waals surface area contributed by atoms with E-state index in [4.69, 9.17) is 5.11 Å². The van der Waals surface area contributed by atoms with E-state index in [1.54, 1.807) is 0 Å². The molecule has 1 rings (SSSR count). The number of halogens is 3. The van der Waals surface area contributed by atoms with Crippen LogP contribution in [0.25, 0.3) is 0 Å². The molecule has 6 heteroatoms. The van der Waals surface area contributed by atoms with Crippen LogP contribution in [0.4, 0.5) is 13.2 Å². The Balaban J connectivity index is 3.53. The Morgan fingerprint density at radius 2 is 2.00 bits per heavy atom. The number of hydrogen-bond acceptors (Lipinski definition) is 2. The molecular weight excluding hydrogens is 187 g/mol. The molecule has 0 fully saturated rings. The molecule has 0 aromatic carbocycles. The highest BCUT2D eigenvalue weighted by Crippen LogP contribution is 2.32. The second-order valence-electron chi connectivity index (χ2n) is 2.49. The summed E-state index contributed by atoms with van der Waals surface area (Å²) in [5.41, 5.74) is -2.79. The van der Waals surface area contributed by atoms with Gasteiger partial charge in [-0.25, -0.2) is 0 Å². The molecule has 0 saturated carbocycles. The second kappa shape index (κ2) is 2.79. The van der Waals surface area contributed by atoms with Crippen LogP contribution in [-0.2, 0) is 13.2 Å². The van der Waals surface area contributed by atoms with Crippen molar-refractivity contribution in [2.24, 2.45) is 7.05 Å². The molecule has 0 radical (unpaired) electrons. The van der Waals surface area contributed by atoms with Crippen molar-refractivity contribution >= 4 is 0 Å². The van der Waals surface area contributed by atoms with E-state index in [0.29, 0.717) is 0 Å². The average Bonchev–Trinajstić information content (AvgIpc) is 1.95. The Bertz CT molecular complexity index is 380. The number of aromatic nitrogens is 1. The third kappa shape index (κ3) is 1.66. The van der Waals surface area contributed by atoms with Gasteiger partial charge in [0.15, 0.2) is 5.56 Å². The smallest absolute Gasteiger partial charge is 0.425 e. The van der Waals surface area contributed by atoms with Crippen molar-refractivity contribution < 1.29 is 18.3 Å². The van der Waals surface area contributed by atoms with Gasteiger partial charge < -0.3 is 9.67 Å². The number of aryl methyl sites for hydroxylation is 1. The van der Waals surface area contributed by atoms with Crippen molar-refractivity contribution in [2.75, 3.05) is 0 Å². The summed E-state index contributed by atoms with van der Waals surface area (Å²) >= 11 is 0. The van der Waals surface area contributed by atoms with Crippen LogP contribution in [0.2, 0.25) is 0 Å². The van der Waals surface area contributed by atoms with Crippen molar-refractivity contribution in [1.82, 2.24) is 4.57 Å². The van der Waals surface area contributed by atoms with Crippen LogP contribution < -0.4 is 5.56 Å². The number of alkyl halides is 3. The van der Waals surface area contributed by atoms with Crippen LogP contribution in [-0.4, -0.2) is 9.67 Å². The number of rotatable bonds is 0. The first-order chi connectivity index (χ1) is 5.84. The maximum atomic E-state index is 12.1. The van der Waals surface area contributed by atoms with Crippen LogP contribution in [0.1, 0.15) is 5.56 Å². The molecule has 0 aliphatic heterocycles. The molecule has 0 aliphatic carbocycles. The topological polar surface area (TPSA) is 42.2 Å². The molecule has 0 unspecified atom stereocenters. The standard InChI is InChI=1S/C7H6F3NO2/c1-11-3-2-4(12)5(6(11)13)7(8,9)10/h2-3,12H,1H3. The monoisotopic (exact) mass is 193 g/mol. The van der Waals surface area contributed by atoms with Crippen LogP contribution in [0, 0.1) is 0 Å². The molecule has 0 saturated heterocycles. The SMILES string of the molecule is Cn1ccc(O)c(C(F)(F)F)c1=O. The molecule has 1 aromatic heterocycles. The molecule has 72 valence electrons. The Kier molecular flexibility index (Phi) is 2.07. The minimum atomic E-state index is -4.82. The van der Waals surface area contributed by atoms with Gasteiger partial charge >= 0.3 is 6.18 Å². The summed E-state index contributed by atoms with van der Waals surface area (Å²) in [6.07, 6.45) is -3.76. The largest absolute Gasteiger partial charge is 0.507 e. The van der Waals surface area contributed by atoms with Crippen LogP contribution >= 0.6 is 0 Å². The predicted octanol–water partition coefficient (Wildman–Crippen LogP) is 1.11. The van der Waals surface area contributed by atoms with E-state index in [0.717, 1.165) is 16.8 Å². The molecule has 0 atom stereocenters. The number of nitrogens with zero attached hydrogens (tertiary/aromatic N) is 1. The van der Waals surface area contributed by atoms with Crippen molar-refractivity contribution in [3.05, 3.63) is 28.2 Å². The maximum absolute atomic E-state index is 12.1. The lowest BCUT2D eigenvalue weighted by Crippen LogP contribution is -2.26. The molecule has 0 amide bonds. The van der Waals surface area contributed by atoms with Gasteiger partial charge in [-0.05, 0) is 6.07 Å². The number of aromatic hydroxyl groups is 1. The van der Waals surface area contributed by atoms with E-state index in [2.05, 4.69) is 0 Å². The summed E-state index contributed by atoms with van der Waals surface area (Å²) in [5.74, 6) is -1.05. The van der Waals surface area contributed by atoms with Crippen molar-refractivity contribution in [3.63, 3.8) is 0 Å². The summed E-state index contributed by atoms with van der Waals surface area (Å²) in [4.78, 5) is 10.9. The van der Waals surface area contributed by atoms with Gasteiger partial charge in [-0.2, -0.15) is 13.2 Å². The van der Waals surface area contributed by atoms with E-state index in [1.165, 1.54) is 7.05 Å². The van der Waals surface area contributed by atoms with Gasteiger partial charge in [0.25, 0.3) is 5.56 Å². The third-order valence-corrected chi connectivity index (χ3v) is 1.53. The summed E-state index contributed by atoms with van der Waals surface area (Å²) < 4.78 is 37.1. The Labute approximate surface area is 71.0 Å². The van der Waals surface area contributed by atoms with E-state index in [-0.39, 0.29) is 0 Å². The van der Waals surface area contributed by atoms with Crippen LogP contribution in [0.15, 0.2) is 17.1 Å². The third-order valence-electron chi connectivity index (χ3n) is 1.53. The summed E-state index contributed by atoms with van der Waals surface area (Å²) in [6.45, 7) is 0. The summed E-state index contributed by atoms with van der Waals surface area (Å²) in [6, 6.07) is 0.824. The first-order valence-corrected chi connectivity index (χ1v) is 3.30. The molecule has 1 N–H and O–H groups in total. The normalized spacial score (nSPS) is 11.7. The van der Waals surface area contributed by atoms with Gasteiger partial charge in [0.2, 0.25) is 0 Å². The van der Waals surface area contributed by atoms with E-state index in [9.17, 15) is 18.0 Å². The minimum absolute atomic E-state index is 0.753. The fourth-order valence-corrected chi connectivity index (χ4v) is 0.886. The van der Waals surface area contributed by atoms with Gasteiger partial charge in [0.05, 0.1) is 0 Å². The highest BCUT2D eigenvalue weighted by molar-refractivity contribution is 5.31. The fraction of sp³-hybridized carbons (Fsp3) is 0.286. The number of hydrogen-bond donors (Lipinski definition) is 1. The van der Waals surface area contributed by atoms with Gasteiger partial charge in [-0.3, -0.25) is 4.79 Å². The van der Waals surface area contributed by atoms with Crippen molar-refractivity contribution in [1.29, 1.82) is 0 Å². The highest BCUT2D eigenvalue weighted by Gasteiger charge is 2.37. The molecule has 1 heterocycles. The maximum Gasteiger partial charge on any atom is 0.425 e. The molecule has 0 aliphatic rings. The van der Waals surface area contributed by atoms with Crippen molar-refractivity contribution in [3.8, 4) is 5.75 Å². The van der Waals surface area contributed by atoms with Crippen molar-refractivity contribution in [2.45, 2.75) is 6.18 Å². The summed E-state index contributed by atoms with van der Waals surface area (Å²) in [5, 5.41) is 8.82. The van der Waals surface area contributed by atoms with Gasteiger partial charge in [0.1, 0.15) is 5.75 Å². The summed E-state index contributed by atoms with van der Waals surface area (Å²) in [7, 11) is 1.18. The molecule has 13 heavy (non-hydrogen) atoms. The minimum Gasteiger partial charge on any atom is -0.507 e. The quantitative estimate of drug-likeness (QED) is 0.670. The second-order valence-corrected chi connectivity index (χ2v) is 2.49. The highest BCUT2D eigenvalue weighted by atomic mass is 19.4. The van der Waals surface area contributed by atoms with E-state index >= 15 is 0 Å². The Morgan fingerprint density at radius 1 is 1.46 bits per heavy atom. The van der Waals surface area contributed by atoms with E-state index < -0.39 is 23.0 Å². The lowest BCUT2D eigenvalue weighted by Gasteiger charge is -2.08. The Hall–Kier alpha value is -1.46. The van der Waals surface area contributed by atoms with Gasteiger partial charge in [0, 0.05) is 13.2 Å². The molecule has 0 spiro atoms. The molecule has 1 aromatic rings. The lowest BCUT2D eigenvalue weighted by molar-refractivity contribution is -0.140. The number of pyridine rings is 1. The van der Waals surface area contributed by atoms with Crippen LogP contribution in [0.3, 0.4) is 0 Å². The zero-order valence-electron chi connectivity index (χ0n) is 6.59. The first kappa shape index (κ1) is 9.63.